The van der Waals surface area contributed by atoms with E-state index in [-0.39, 0.29) is 11.5 Å². The number of aromatic amines is 1. The molecule has 3 nitrogen and oxygen atoms in total. The molecule has 0 fully saturated rings. The summed E-state index contributed by atoms with van der Waals surface area (Å²) >= 11 is 0. The van der Waals surface area contributed by atoms with Gasteiger partial charge in [0.15, 0.2) is 5.78 Å². The zero-order valence-electron chi connectivity index (χ0n) is 10.5. The van der Waals surface area contributed by atoms with Crippen molar-refractivity contribution in [3.8, 4) is 5.75 Å². The highest BCUT2D eigenvalue weighted by Gasteiger charge is 2.17. The van der Waals surface area contributed by atoms with E-state index in [0.717, 1.165) is 16.6 Å². The molecule has 0 atom stereocenters. The van der Waals surface area contributed by atoms with E-state index in [4.69, 9.17) is 0 Å². The van der Waals surface area contributed by atoms with Crippen LogP contribution in [0, 0.1) is 6.92 Å². The van der Waals surface area contributed by atoms with Gasteiger partial charge in [0.05, 0.1) is 5.56 Å². The van der Waals surface area contributed by atoms with Crippen molar-refractivity contribution in [3.63, 3.8) is 0 Å². The molecule has 3 heteroatoms. The normalized spacial score (nSPS) is 10.8. The molecular weight excluding hydrogens is 238 g/mol. The maximum Gasteiger partial charge on any atom is 0.195 e. The molecule has 3 aromatic rings. The number of fused-ring (bicyclic) bond motifs is 1. The fourth-order valence-electron chi connectivity index (χ4n) is 2.34. The van der Waals surface area contributed by atoms with Gasteiger partial charge in [-0.05, 0) is 25.1 Å². The number of aryl methyl sites for hydroxylation is 1. The second-order valence-electron chi connectivity index (χ2n) is 4.55. The number of H-pyrrole nitrogens is 1. The number of phenolic OH excluding ortho intramolecular Hbond substituents is 1. The van der Waals surface area contributed by atoms with Gasteiger partial charge in [-0.25, -0.2) is 0 Å². The molecular formula is C16H13NO2. The van der Waals surface area contributed by atoms with Crippen molar-refractivity contribution in [3.05, 3.63) is 65.4 Å². The Labute approximate surface area is 110 Å². The first-order valence-corrected chi connectivity index (χ1v) is 6.08. The Hall–Kier alpha value is -2.55. The van der Waals surface area contributed by atoms with E-state index in [1.165, 1.54) is 0 Å². The summed E-state index contributed by atoms with van der Waals surface area (Å²) in [5, 5.41) is 10.3. The first-order valence-electron chi connectivity index (χ1n) is 6.08. The van der Waals surface area contributed by atoms with E-state index < -0.39 is 0 Å². The fourth-order valence-corrected chi connectivity index (χ4v) is 2.34. The molecule has 0 spiro atoms. The van der Waals surface area contributed by atoms with Gasteiger partial charge in [-0.2, -0.15) is 0 Å². The second kappa shape index (κ2) is 4.28. The molecule has 0 amide bonds. The number of aromatic nitrogens is 1. The van der Waals surface area contributed by atoms with Gasteiger partial charge in [0.1, 0.15) is 5.75 Å². The minimum absolute atomic E-state index is 0.0325. The molecule has 1 aromatic heterocycles. The number of hydrogen-bond donors (Lipinski definition) is 2. The van der Waals surface area contributed by atoms with Gasteiger partial charge in [-0.1, -0.05) is 30.3 Å². The quantitative estimate of drug-likeness (QED) is 0.686. The maximum atomic E-state index is 12.6. The first-order chi connectivity index (χ1) is 9.16. The molecule has 0 radical (unpaired) electrons. The Bertz CT molecular complexity index is 757. The molecule has 94 valence electrons. The summed E-state index contributed by atoms with van der Waals surface area (Å²) in [5.74, 6) is 0.128. The Kier molecular flexibility index (Phi) is 2.60. The number of aromatic hydroxyl groups is 1. The number of benzene rings is 2. The van der Waals surface area contributed by atoms with Gasteiger partial charge < -0.3 is 10.1 Å². The highest BCUT2D eigenvalue weighted by molar-refractivity contribution is 6.17. The monoisotopic (exact) mass is 251 g/mol. The summed E-state index contributed by atoms with van der Waals surface area (Å²) < 4.78 is 0. The molecule has 0 saturated heterocycles. The average Bonchev–Trinajstić information content (AvgIpc) is 2.74. The zero-order chi connectivity index (χ0) is 13.4. The van der Waals surface area contributed by atoms with Crippen molar-refractivity contribution >= 4 is 16.7 Å². The second-order valence-corrected chi connectivity index (χ2v) is 4.55. The molecule has 0 aliphatic heterocycles. The van der Waals surface area contributed by atoms with Crippen LogP contribution in [0.25, 0.3) is 10.9 Å². The van der Waals surface area contributed by atoms with E-state index in [0.29, 0.717) is 11.1 Å². The molecule has 2 aromatic carbocycles. The van der Waals surface area contributed by atoms with Gasteiger partial charge in [-0.3, -0.25) is 4.79 Å². The third-order valence-corrected chi connectivity index (χ3v) is 3.23. The SMILES string of the molecule is Cc1[nH]c2ccc(O)cc2c1C(=O)c1ccccc1. The molecule has 2 N–H and O–H groups in total. The van der Waals surface area contributed by atoms with E-state index in [2.05, 4.69) is 4.98 Å². The number of hydrogen-bond acceptors (Lipinski definition) is 2. The van der Waals surface area contributed by atoms with Crippen LogP contribution in [0.15, 0.2) is 48.5 Å². The van der Waals surface area contributed by atoms with Crippen LogP contribution >= 0.6 is 0 Å². The van der Waals surface area contributed by atoms with Crippen LogP contribution in [0.3, 0.4) is 0 Å². The van der Waals surface area contributed by atoms with Crippen LogP contribution in [0.4, 0.5) is 0 Å². The highest BCUT2D eigenvalue weighted by atomic mass is 16.3. The Morgan fingerprint density at radius 3 is 2.58 bits per heavy atom. The van der Waals surface area contributed by atoms with Crippen LogP contribution in [0.1, 0.15) is 21.6 Å². The molecule has 0 aliphatic rings. The van der Waals surface area contributed by atoms with E-state index in [1.807, 2.05) is 25.1 Å². The Morgan fingerprint density at radius 1 is 1.11 bits per heavy atom. The molecule has 0 unspecified atom stereocenters. The summed E-state index contributed by atoms with van der Waals surface area (Å²) in [6.07, 6.45) is 0. The lowest BCUT2D eigenvalue weighted by atomic mass is 10.0. The topological polar surface area (TPSA) is 53.1 Å². The van der Waals surface area contributed by atoms with Crippen molar-refractivity contribution in [2.24, 2.45) is 0 Å². The lowest BCUT2D eigenvalue weighted by Crippen LogP contribution is -2.01. The average molecular weight is 251 g/mol. The van der Waals surface area contributed by atoms with Crippen molar-refractivity contribution in [1.82, 2.24) is 4.98 Å². The third kappa shape index (κ3) is 1.89. The fraction of sp³-hybridized carbons (Fsp3) is 0.0625. The molecule has 19 heavy (non-hydrogen) atoms. The Morgan fingerprint density at radius 2 is 1.84 bits per heavy atom. The summed E-state index contributed by atoms with van der Waals surface area (Å²) in [6, 6.07) is 14.2. The Balaban J connectivity index is 2.22. The van der Waals surface area contributed by atoms with E-state index in [1.54, 1.807) is 30.3 Å². The number of phenols is 1. The largest absolute Gasteiger partial charge is 0.508 e. The third-order valence-electron chi connectivity index (χ3n) is 3.23. The summed E-state index contributed by atoms with van der Waals surface area (Å²) in [7, 11) is 0. The standard InChI is InChI=1S/C16H13NO2/c1-10-15(16(19)11-5-3-2-4-6-11)13-9-12(18)7-8-14(13)17-10/h2-9,17-18H,1H3. The summed E-state index contributed by atoms with van der Waals surface area (Å²) in [4.78, 5) is 15.7. The van der Waals surface area contributed by atoms with Crippen LogP contribution < -0.4 is 0 Å². The summed E-state index contributed by atoms with van der Waals surface area (Å²) in [6.45, 7) is 1.87. The maximum absolute atomic E-state index is 12.6. The van der Waals surface area contributed by atoms with E-state index in [9.17, 15) is 9.90 Å². The van der Waals surface area contributed by atoms with Crippen LogP contribution in [0.2, 0.25) is 0 Å². The van der Waals surface area contributed by atoms with Gasteiger partial charge in [0.25, 0.3) is 0 Å². The zero-order valence-corrected chi connectivity index (χ0v) is 10.5. The summed E-state index contributed by atoms with van der Waals surface area (Å²) in [5.41, 5.74) is 2.94. The van der Waals surface area contributed by atoms with Gasteiger partial charge >= 0.3 is 0 Å². The highest BCUT2D eigenvalue weighted by Crippen LogP contribution is 2.27. The molecule has 1 heterocycles. The minimum Gasteiger partial charge on any atom is -0.508 e. The van der Waals surface area contributed by atoms with Crippen molar-refractivity contribution in [2.75, 3.05) is 0 Å². The molecule has 0 bridgehead atoms. The van der Waals surface area contributed by atoms with Crippen LogP contribution in [-0.2, 0) is 0 Å². The number of carbonyl (C=O) groups is 1. The van der Waals surface area contributed by atoms with Crippen molar-refractivity contribution in [2.45, 2.75) is 6.92 Å². The molecule has 3 rings (SSSR count). The predicted octanol–water partition coefficient (Wildman–Crippen LogP) is 3.41. The number of carbonyl (C=O) groups excluding carboxylic acids is 1. The lowest BCUT2D eigenvalue weighted by Gasteiger charge is -2.01. The predicted molar refractivity (Wildman–Crippen MR) is 74.6 cm³/mol. The molecule has 0 saturated carbocycles. The van der Waals surface area contributed by atoms with Gasteiger partial charge in [0.2, 0.25) is 0 Å². The van der Waals surface area contributed by atoms with Gasteiger partial charge in [0, 0.05) is 22.2 Å². The van der Waals surface area contributed by atoms with Gasteiger partial charge in [-0.15, -0.1) is 0 Å². The lowest BCUT2D eigenvalue weighted by molar-refractivity contribution is 0.104. The van der Waals surface area contributed by atoms with E-state index >= 15 is 0 Å². The van der Waals surface area contributed by atoms with Crippen LogP contribution in [0.5, 0.6) is 5.75 Å². The van der Waals surface area contributed by atoms with Crippen LogP contribution in [-0.4, -0.2) is 15.9 Å². The van der Waals surface area contributed by atoms with Crippen molar-refractivity contribution < 1.29 is 9.90 Å². The molecule has 0 aliphatic carbocycles. The van der Waals surface area contributed by atoms with Crippen molar-refractivity contribution in [1.29, 1.82) is 0 Å². The number of nitrogens with one attached hydrogen (secondary N) is 1. The first kappa shape index (κ1) is 11.5. The smallest absolute Gasteiger partial charge is 0.195 e. The number of rotatable bonds is 2. The number of ketones is 1. The minimum atomic E-state index is -0.0325.